The molecule has 0 atom stereocenters. The second kappa shape index (κ2) is 4.36. The van der Waals surface area contributed by atoms with Crippen molar-refractivity contribution in [2.45, 2.75) is 0 Å². The summed E-state index contributed by atoms with van der Waals surface area (Å²) in [5, 5.41) is 16.7. The Hall–Kier alpha value is -2.48. The van der Waals surface area contributed by atoms with Crippen molar-refractivity contribution in [3.8, 4) is 17.5 Å². The first-order chi connectivity index (χ1) is 7.81. The van der Waals surface area contributed by atoms with Crippen molar-refractivity contribution in [1.82, 2.24) is 15.2 Å². The summed E-state index contributed by atoms with van der Waals surface area (Å²) in [5.74, 6) is 0.523. The van der Waals surface area contributed by atoms with Crippen LogP contribution in [-0.4, -0.2) is 22.2 Å². The van der Waals surface area contributed by atoms with Crippen LogP contribution in [0.5, 0.6) is 0 Å². The topological polar surface area (TPSA) is 65.7 Å². The van der Waals surface area contributed by atoms with E-state index < -0.39 is 0 Å². The lowest BCUT2D eigenvalue weighted by molar-refractivity contribution is 0.993. The van der Waals surface area contributed by atoms with Crippen LogP contribution < -0.4 is 4.90 Å². The summed E-state index contributed by atoms with van der Waals surface area (Å²) in [7, 11) is 1.63. The van der Waals surface area contributed by atoms with Gasteiger partial charge in [0.15, 0.2) is 12.0 Å². The number of nitriles is 1. The van der Waals surface area contributed by atoms with Gasteiger partial charge in [0, 0.05) is 25.0 Å². The summed E-state index contributed by atoms with van der Waals surface area (Å²) in [6.07, 6.45) is 5.38. The van der Waals surface area contributed by atoms with Gasteiger partial charge in [0.1, 0.15) is 0 Å². The van der Waals surface area contributed by atoms with Crippen molar-refractivity contribution in [3.63, 3.8) is 0 Å². The minimum atomic E-state index is 0.523. The zero-order chi connectivity index (χ0) is 11.4. The van der Waals surface area contributed by atoms with E-state index in [0.29, 0.717) is 5.82 Å². The number of rotatable bonds is 2. The highest BCUT2D eigenvalue weighted by atomic mass is 15.2. The first kappa shape index (κ1) is 10.1. The molecule has 2 rings (SSSR count). The average molecular weight is 211 g/mol. The van der Waals surface area contributed by atoms with Crippen molar-refractivity contribution in [1.29, 1.82) is 5.26 Å². The average Bonchev–Trinajstić information content (AvgIpc) is 2.39. The van der Waals surface area contributed by atoms with E-state index in [0.717, 1.165) is 11.3 Å². The normalized spacial score (nSPS) is 9.50. The van der Waals surface area contributed by atoms with Crippen LogP contribution in [0, 0.1) is 11.5 Å². The van der Waals surface area contributed by atoms with Gasteiger partial charge in [0.25, 0.3) is 0 Å². The lowest BCUT2D eigenvalue weighted by atomic mass is 10.2. The molecule has 0 fully saturated rings. The largest absolute Gasteiger partial charge is 0.265 e. The zero-order valence-electron chi connectivity index (χ0n) is 8.70. The van der Waals surface area contributed by atoms with Gasteiger partial charge in [-0.2, -0.15) is 5.26 Å². The Bertz CT molecular complexity index is 500. The molecule has 2 heterocycles. The molecule has 0 aromatic carbocycles. The van der Waals surface area contributed by atoms with Gasteiger partial charge in [-0.3, -0.25) is 9.88 Å². The van der Waals surface area contributed by atoms with Crippen LogP contribution in [0.3, 0.4) is 0 Å². The van der Waals surface area contributed by atoms with Crippen LogP contribution in [0.15, 0.2) is 36.7 Å². The molecule has 0 aliphatic rings. The van der Waals surface area contributed by atoms with E-state index in [9.17, 15) is 0 Å². The molecule has 78 valence electrons. The Morgan fingerprint density at radius 1 is 1.25 bits per heavy atom. The van der Waals surface area contributed by atoms with Crippen molar-refractivity contribution < 1.29 is 0 Å². The number of nitrogens with zero attached hydrogens (tertiary/aromatic N) is 5. The third-order valence-electron chi connectivity index (χ3n) is 2.10. The van der Waals surface area contributed by atoms with Crippen LogP contribution in [-0.2, 0) is 0 Å². The van der Waals surface area contributed by atoms with Crippen LogP contribution in [0.2, 0.25) is 0 Å². The predicted molar refractivity (Wildman–Crippen MR) is 59.3 cm³/mol. The Morgan fingerprint density at radius 3 is 2.69 bits per heavy atom. The minimum absolute atomic E-state index is 0.523. The highest BCUT2D eigenvalue weighted by molar-refractivity contribution is 5.58. The standard InChI is InChI=1S/C11H9N5/c1-16(8-12)11-5-4-10(14-15-11)9-3-2-6-13-7-9/h2-7H,1H3. The summed E-state index contributed by atoms with van der Waals surface area (Å²) in [6, 6.07) is 7.31. The first-order valence-electron chi connectivity index (χ1n) is 4.69. The Balaban J connectivity index is 2.31. The third kappa shape index (κ3) is 1.96. The minimum Gasteiger partial charge on any atom is -0.265 e. The summed E-state index contributed by atoms with van der Waals surface area (Å²) < 4.78 is 0. The molecule has 0 aliphatic carbocycles. The number of anilines is 1. The van der Waals surface area contributed by atoms with E-state index in [2.05, 4.69) is 15.2 Å². The van der Waals surface area contributed by atoms with Gasteiger partial charge < -0.3 is 0 Å². The van der Waals surface area contributed by atoms with Crippen molar-refractivity contribution in [2.75, 3.05) is 11.9 Å². The fourth-order valence-corrected chi connectivity index (χ4v) is 1.22. The van der Waals surface area contributed by atoms with Crippen LogP contribution >= 0.6 is 0 Å². The van der Waals surface area contributed by atoms with Crippen LogP contribution in [0.1, 0.15) is 0 Å². The van der Waals surface area contributed by atoms with E-state index in [1.165, 1.54) is 4.90 Å². The monoisotopic (exact) mass is 211 g/mol. The molecule has 2 aromatic rings. The fourth-order valence-electron chi connectivity index (χ4n) is 1.22. The van der Waals surface area contributed by atoms with Gasteiger partial charge >= 0.3 is 0 Å². The predicted octanol–water partition coefficient (Wildman–Crippen LogP) is 1.46. The molecule has 0 amide bonds. The van der Waals surface area contributed by atoms with E-state index in [1.54, 1.807) is 25.5 Å². The van der Waals surface area contributed by atoms with E-state index in [1.807, 2.05) is 24.4 Å². The maximum absolute atomic E-state index is 8.67. The van der Waals surface area contributed by atoms with Gasteiger partial charge in [-0.05, 0) is 24.3 Å². The highest BCUT2D eigenvalue weighted by Crippen LogP contribution is 2.16. The number of hydrogen-bond acceptors (Lipinski definition) is 5. The van der Waals surface area contributed by atoms with Gasteiger partial charge in [0.2, 0.25) is 0 Å². The Labute approximate surface area is 93.0 Å². The molecule has 0 unspecified atom stereocenters. The van der Waals surface area contributed by atoms with Gasteiger partial charge in [-0.15, -0.1) is 10.2 Å². The van der Waals surface area contributed by atoms with E-state index in [-0.39, 0.29) is 0 Å². The molecule has 5 heteroatoms. The molecule has 16 heavy (non-hydrogen) atoms. The van der Waals surface area contributed by atoms with Crippen molar-refractivity contribution in [2.24, 2.45) is 0 Å². The molecule has 5 nitrogen and oxygen atoms in total. The summed E-state index contributed by atoms with van der Waals surface area (Å²) in [6.45, 7) is 0. The van der Waals surface area contributed by atoms with E-state index in [4.69, 9.17) is 5.26 Å². The molecular formula is C11H9N5. The van der Waals surface area contributed by atoms with Crippen LogP contribution in [0.25, 0.3) is 11.3 Å². The maximum Gasteiger partial charge on any atom is 0.185 e. The zero-order valence-corrected chi connectivity index (χ0v) is 8.70. The smallest absolute Gasteiger partial charge is 0.185 e. The molecule has 0 saturated carbocycles. The summed E-state index contributed by atoms with van der Waals surface area (Å²) >= 11 is 0. The summed E-state index contributed by atoms with van der Waals surface area (Å²) in [4.78, 5) is 5.35. The molecule has 0 bridgehead atoms. The van der Waals surface area contributed by atoms with E-state index >= 15 is 0 Å². The van der Waals surface area contributed by atoms with Gasteiger partial charge in [-0.1, -0.05) is 0 Å². The molecule has 0 N–H and O–H groups in total. The lowest BCUT2D eigenvalue weighted by Crippen LogP contribution is -2.10. The fraction of sp³-hybridized carbons (Fsp3) is 0.0909. The van der Waals surface area contributed by atoms with Gasteiger partial charge in [-0.25, -0.2) is 0 Å². The van der Waals surface area contributed by atoms with Crippen molar-refractivity contribution in [3.05, 3.63) is 36.7 Å². The third-order valence-corrected chi connectivity index (χ3v) is 2.10. The number of pyridine rings is 1. The van der Waals surface area contributed by atoms with Gasteiger partial charge in [0.05, 0.1) is 5.69 Å². The molecule has 0 saturated heterocycles. The summed E-state index contributed by atoms with van der Waals surface area (Å²) in [5.41, 5.74) is 1.64. The SMILES string of the molecule is CN(C#N)c1ccc(-c2cccnc2)nn1. The maximum atomic E-state index is 8.67. The molecule has 0 aliphatic heterocycles. The molecular weight excluding hydrogens is 202 g/mol. The number of aromatic nitrogens is 3. The molecule has 0 spiro atoms. The Kier molecular flexibility index (Phi) is 2.74. The molecule has 2 aromatic heterocycles. The Morgan fingerprint density at radius 2 is 2.12 bits per heavy atom. The lowest BCUT2D eigenvalue weighted by Gasteiger charge is -2.06. The first-order valence-corrected chi connectivity index (χ1v) is 4.69. The van der Waals surface area contributed by atoms with Crippen LogP contribution in [0.4, 0.5) is 5.82 Å². The number of hydrogen-bond donors (Lipinski definition) is 0. The highest BCUT2D eigenvalue weighted by Gasteiger charge is 2.03. The molecule has 0 radical (unpaired) electrons. The second-order valence-electron chi connectivity index (χ2n) is 3.18. The van der Waals surface area contributed by atoms with Crippen molar-refractivity contribution >= 4 is 5.82 Å². The quantitative estimate of drug-likeness (QED) is 0.555. The second-order valence-corrected chi connectivity index (χ2v) is 3.18.